The lowest BCUT2D eigenvalue weighted by Crippen LogP contribution is -2.40. The van der Waals surface area contributed by atoms with Crippen LogP contribution in [0.15, 0.2) is 0 Å². The minimum absolute atomic E-state index is 0.0145. The SMILES string of the molecule is NC1CC(=O)N(C(CC(=O)O)C2CC2)C1. The van der Waals surface area contributed by atoms with Gasteiger partial charge in [0.2, 0.25) is 5.91 Å². The number of nitrogens with two attached hydrogens (primary N) is 1. The highest BCUT2D eigenvalue weighted by Gasteiger charge is 2.41. The number of amides is 1. The molecule has 1 heterocycles. The zero-order chi connectivity index (χ0) is 11.0. The van der Waals surface area contributed by atoms with E-state index in [1.165, 1.54) is 0 Å². The number of rotatable bonds is 4. The van der Waals surface area contributed by atoms with Gasteiger partial charge in [-0.2, -0.15) is 0 Å². The van der Waals surface area contributed by atoms with E-state index in [1.54, 1.807) is 4.90 Å². The molecule has 0 aromatic carbocycles. The molecule has 2 atom stereocenters. The maximum atomic E-state index is 11.6. The van der Waals surface area contributed by atoms with Gasteiger partial charge in [-0.15, -0.1) is 0 Å². The van der Waals surface area contributed by atoms with E-state index in [4.69, 9.17) is 10.8 Å². The molecular weight excluding hydrogens is 196 g/mol. The number of nitrogens with zero attached hydrogens (tertiary/aromatic N) is 1. The molecule has 15 heavy (non-hydrogen) atoms. The highest BCUT2D eigenvalue weighted by atomic mass is 16.4. The van der Waals surface area contributed by atoms with Crippen molar-refractivity contribution >= 4 is 11.9 Å². The predicted octanol–water partition coefficient (Wildman–Crippen LogP) is -0.201. The zero-order valence-electron chi connectivity index (χ0n) is 8.56. The molecule has 2 unspecified atom stereocenters. The van der Waals surface area contributed by atoms with Gasteiger partial charge in [-0.3, -0.25) is 9.59 Å². The maximum Gasteiger partial charge on any atom is 0.305 e. The Morgan fingerprint density at radius 1 is 1.60 bits per heavy atom. The van der Waals surface area contributed by atoms with Gasteiger partial charge in [-0.25, -0.2) is 0 Å². The highest BCUT2D eigenvalue weighted by molar-refractivity contribution is 5.80. The molecule has 1 saturated heterocycles. The summed E-state index contributed by atoms with van der Waals surface area (Å²) in [7, 11) is 0. The molecule has 0 bridgehead atoms. The van der Waals surface area contributed by atoms with Gasteiger partial charge < -0.3 is 15.7 Å². The first-order valence-corrected chi connectivity index (χ1v) is 5.34. The molecule has 5 heteroatoms. The quantitative estimate of drug-likeness (QED) is 0.676. The van der Waals surface area contributed by atoms with Gasteiger partial charge in [0.25, 0.3) is 0 Å². The number of aliphatic carboxylic acids is 1. The lowest BCUT2D eigenvalue weighted by molar-refractivity contribution is -0.140. The van der Waals surface area contributed by atoms with Crippen LogP contribution >= 0.6 is 0 Å². The molecular formula is C10H16N2O3. The molecule has 1 amide bonds. The third kappa shape index (κ3) is 2.28. The number of carbonyl (C=O) groups excluding carboxylic acids is 1. The second-order valence-corrected chi connectivity index (χ2v) is 4.51. The number of likely N-dealkylation sites (tertiary alicyclic amines) is 1. The Hall–Kier alpha value is -1.10. The van der Waals surface area contributed by atoms with Crippen LogP contribution in [0.1, 0.15) is 25.7 Å². The Morgan fingerprint density at radius 3 is 2.67 bits per heavy atom. The molecule has 2 fully saturated rings. The van der Waals surface area contributed by atoms with Gasteiger partial charge in [0.1, 0.15) is 0 Å². The first-order chi connectivity index (χ1) is 7.08. The molecule has 2 aliphatic rings. The van der Waals surface area contributed by atoms with E-state index in [2.05, 4.69) is 0 Å². The van der Waals surface area contributed by atoms with Gasteiger partial charge >= 0.3 is 5.97 Å². The fourth-order valence-corrected chi connectivity index (χ4v) is 2.27. The minimum Gasteiger partial charge on any atom is -0.481 e. The van der Waals surface area contributed by atoms with E-state index >= 15 is 0 Å². The number of carboxylic acid groups (broad SMARTS) is 1. The van der Waals surface area contributed by atoms with E-state index in [9.17, 15) is 9.59 Å². The van der Waals surface area contributed by atoms with Crippen molar-refractivity contribution in [3.8, 4) is 0 Å². The van der Waals surface area contributed by atoms with Crippen molar-refractivity contribution in [2.45, 2.75) is 37.8 Å². The number of hydrogen-bond donors (Lipinski definition) is 2. The maximum absolute atomic E-state index is 11.6. The van der Waals surface area contributed by atoms with E-state index in [0.29, 0.717) is 18.9 Å². The lowest BCUT2D eigenvalue weighted by Gasteiger charge is -2.26. The largest absolute Gasteiger partial charge is 0.481 e. The van der Waals surface area contributed by atoms with Gasteiger partial charge in [0, 0.05) is 25.0 Å². The summed E-state index contributed by atoms with van der Waals surface area (Å²) in [6, 6.07) is -0.240. The summed E-state index contributed by atoms with van der Waals surface area (Å²) in [5, 5.41) is 8.80. The van der Waals surface area contributed by atoms with Crippen molar-refractivity contribution in [2.75, 3.05) is 6.54 Å². The predicted molar refractivity (Wildman–Crippen MR) is 53.1 cm³/mol. The van der Waals surface area contributed by atoms with Crippen LogP contribution in [0.2, 0.25) is 0 Å². The van der Waals surface area contributed by atoms with Crippen LogP contribution in [0.4, 0.5) is 0 Å². The Bertz CT molecular complexity index is 288. The van der Waals surface area contributed by atoms with Crippen LogP contribution in [-0.2, 0) is 9.59 Å². The topological polar surface area (TPSA) is 83.6 Å². The molecule has 1 saturated carbocycles. The van der Waals surface area contributed by atoms with Crippen molar-refractivity contribution in [3.05, 3.63) is 0 Å². The van der Waals surface area contributed by atoms with Crippen LogP contribution in [0, 0.1) is 5.92 Å². The molecule has 0 aromatic rings. The first-order valence-electron chi connectivity index (χ1n) is 5.34. The molecule has 0 spiro atoms. The Labute approximate surface area is 88.2 Å². The molecule has 3 N–H and O–H groups in total. The normalized spacial score (nSPS) is 28.2. The standard InChI is InChI=1S/C10H16N2O3/c11-7-3-9(13)12(5-7)8(4-10(14)15)6-1-2-6/h6-8H,1-5,11H2,(H,14,15). The van der Waals surface area contributed by atoms with Crippen molar-refractivity contribution in [3.63, 3.8) is 0 Å². The fourth-order valence-electron chi connectivity index (χ4n) is 2.27. The van der Waals surface area contributed by atoms with Crippen molar-refractivity contribution < 1.29 is 14.7 Å². The van der Waals surface area contributed by atoms with Crippen LogP contribution in [0.25, 0.3) is 0 Å². The van der Waals surface area contributed by atoms with E-state index in [1.807, 2.05) is 0 Å². The number of carboxylic acids is 1. The first kappa shape index (κ1) is 10.4. The summed E-state index contributed by atoms with van der Waals surface area (Å²) in [6.45, 7) is 0.521. The summed E-state index contributed by atoms with van der Waals surface area (Å²) < 4.78 is 0. The monoisotopic (exact) mass is 212 g/mol. The van der Waals surface area contributed by atoms with Crippen LogP contribution in [-0.4, -0.2) is 40.5 Å². The lowest BCUT2D eigenvalue weighted by atomic mass is 10.1. The fraction of sp³-hybridized carbons (Fsp3) is 0.800. The zero-order valence-corrected chi connectivity index (χ0v) is 8.56. The van der Waals surface area contributed by atoms with Gasteiger partial charge in [-0.05, 0) is 18.8 Å². The summed E-state index contributed by atoms with van der Waals surface area (Å²) in [5.41, 5.74) is 5.69. The van der Waals surface area contributed by atoms with Crippen LogP contribution < -0.4 is 5.73 Å². The van der Waals surface area contributed by atoms with E-state index in [-0.39, 0.29) is 24.4 Å². The molecule has 2 rings (SSSR count). The van der Waals surface area contributed by atoms with Crippen LogP contribution in [0.5, 0.6) is 0 Å². The van der Waals surface area contributed by atoms with Crippen molar-refractivity contribution in [1.82, 2.24) is 4.90 Å². The number of hydrogen-bond acceptors (Lipinski definition) is 3. The Balaban J connectivity index is 2.03. The van der Waals surface area contributed by atoms with E-state index < -0.39 is 5.97 Å². The van der Waals surface area contributed by atoms with E-state index in [0.717, 1.165) is 12.8 Å². The smallest absolute Gasteiger partial charge is 0.305 e. The van der Waals surface area contributed by atoms with Gasteiger partial charge in [-0.1, -0.05) is 0 Å². The average Bonchev–Trinajstić information content (AvgIpc) is 2.89. The summed E-state index contributed by atoms with van der Waals surface area (Å²) in [6.07, 6.45) is 2.50. The second-order valence-electron chi connectivity index (χ2n) is 4.51. The summed E-state index contributed by atoms with van der Waals surface area (Å²) in [4.78, 5) is 24.0. The highest BCUT2D eigenvalue weighted by Crippen LogP contribution is 2.38. The Morgan fingerprint density at radius 2 is 2.27 bits per heavy atom. The van der Waals surface area contributed by atoms with Gasteiger partial charge in [0.15, 0.2) is 0 Å². The third-order valence-corrected chi connectivity index (χ3v) is 3.14. The number of carbonyl (C=O) groups is 2. The summed E-state index contributed by atoms with van der Waals surface area (Å²) >= 11 is 0. The van der Waals surface area contributed by atoms with Gasteiger partial charge in [0.05, 0.1) is 6.42 Å². The average molecular weight is 212 g/mol. The minimum atomic E-state index is -0.833. The van der Waals surface area contributed by atoms with Crippen molar-refractivity contribution in [2.24, 2.45) is 11.7 Å². The molecule has 1 aliphatic heterocycles. The molecule has 1 aliphatic carbocycles. The molecule has 0 aromatic heterocycles. The van der Waals surface area contributed by atoms with Crippen LogP contribution in [0.3, 0.4) is 0 Å². The molecule has 0 radical (unpaired) electrons. The third-order valence-electron chi connectivity index (χ3n) is 3.14. The Kier molecular flexibility index (Phi) is 2.65. The second kappa shape index (κ2) is 3.81. The summed E-state index contributed by atoms with van der Waals surface area (Å²) in [5.74, 6) is -0.434. The molecule has 5 nitrogen and oxygen atoms in total. The van der Waals surface area contributed by atoms with Crippen molar-refractivity contribution in [1.29, 1.82) is 0 Å². The molecule has 84 valence electrons.